The first kappa shape index (κ1) is 22.8. The first-order valence-corrected chi connectivity index (χ1v) is 10.2. The summed E-state index contributed by atoms with van der Waals surface area (Å²) in [6.45, 7) is 0.914. The van der Waals surface area contributed by atoms with Crippen molar-refractivity contribution in [2.45, 2.75) is 63.5 Å². The van der Waals surface area contributed by atoms with Gasteiger partial charge in [0.2, 0.25) is 0 Å². The number of amides is 1. The van der Waals surface area contributed by atoms with Gasteiger partial charge in [0.1, 0.15) is 5.75 Å². The van der Waals surface area contributed by atoms with Gasteiger partial charge in [-0.3, -0.25) is 9.79 Å². The Bertz CT molecular complexity index is 626. The van der Waals surface area contributed by atoms with Gasteiger partial charge < -0.3 is 20.7 Å². The number of nitrogens with one attached hydrogen (secondary N) is 3. The van der Waals surface area contributed by atoms with Gasteiger partial charge in [-0.2, -0.15) is 0 Å². The number of carbonyl (C=O) groups is 1. The average Bonchev–Trinajstić information content (AvgIpc) is 3.51. The molecule has 0 unspecified atom stereocenters. The zero-order valence-corrected chi connectivity index (χ0v) is 19.0. The summed E-state index contributed by atoms with van der Waals surface area (Å²) in [6, 6.07) is 8.88. The van der Waals surface area contributed by atoms with Crippen molar-refractivity contribution in [3.05, 3.63) is 29.8 Å². The molecule has 2 aliphatic rings. The van der Waals surface area contributed by atoms with Crippen molar-refractivity contribution in [2.75, 3.05) is 20.2 Å². The molecule has 156 valence electrons. The van der Waals surface area contributed by atoms with Crippen molar-refractivity contribution in [1.82, 2.24) is 16.0 Å². The molecule has 28 heavy (non-hydrogen) atoms. The molecule has 0 atom stereocenters. The minimum absolute atomic E-state index is 0. The van der Waals surface area contributed by atoms with Gasteiger partial charge in [0, 0.05) is 25.7 Å². The second-order valence-electron chi connectivity index (χ2n) is 7.50. The van der Waals surface area contributed by atoms with Gasteiger partial charge in [-0.25, -0.2) is 0 Å². The number of guanidine groups is 1. The lowest BCUT2D eigenvalue weighted by Gasteiger charge is -2.24. The molecule has 0 radical (unpaired) electrons. The molecular weight excluding hydrogens is 467 g/mol. The number of aliphatic imine (C=N–C) groups is 1. The molecule has 0 heterocycles. The Kier molecular flexibility index (Phi) is 9.87. The summed E-state index contributed by atoms with van der Waals surface area (Å²) >= 11 is 0. The second kappa shape index (κ2) is 12.1. The molecule has 6 nitrogen and oxygen atoms in total. The van der Waals surface area contributed by atoms with Gasteiger partial charge in [-0.1, -0.05) is 31.4 Å². The van der Waals surface area contributed by atoms with Crippen molar-refractivity contribution in [3.8, 4) is 5.75 Å². The Hall–Kier alpha value is -1.51. The van der Waals surface area contributed by atoms with E-state index < -0.39 is 0 Å². The summed E-state index contributed by atoms with van der Waals surface area (Å²) in [6.07, 6.45) is 9.55. The highest BCUT2D eigenvalue weighted by molar-refractivity contribution is 14.0. The minimum Gasteiger partial charge on any atom is -0.484 e. The van der Waals surface area contributed by atoms with Crippen LogP contribution in [0.3, 0.4) is 0 Å². The summed E-state index contributed by atoms with van der Waals surface area (Å²) in [5, 5.41) is 9.85. The molecule has 2 fully saturated rings. The number of hydrogen-bond acceptors (Lipinski definition) is 3. The van der Waals surface area contributed by atoms with E-state index >= 15 is 0 Å². The van der Waals surface area contributed by atoms with Crippen LogP contribution in [0.1, 0.15) is 50.5 Å². The predicted octanol–water partition coefficient (Wildman–Crippen LogP) is 3.00. The molecule has 0 spiro atoms. The summed E-state index contributed by atoms with van der Waals surface area (Å²) in [7, 11) is 1.82. The lowest BCUT2D eigenvalue weighted by atomic mass is 9.96. The molecule has 1 aromatic rings. The van der Waals surface area contributed by atoms with E-state index in [2.05, 4.69) is 20.9 Å². The molecule has 0 aromatic heterocycles. The van der Waals surface area contributed by atoms with Gasteiger partial charge in [0.25, 0.3) is 5.91 Å². The maximum Gasteiger partial charge on any atom is 0.258 e. The van der Waals surface area contributed by atoms with Crippen molar-refractivity contribution >= 4 is 35.8 Å². The third-order valence-electron chi connectivity index (χ3n) is 5.11. The van der Waals surface area contributed by atoms with E-state index in [-0.39, 0.29) is 36.5 Å². The zero-order valence-electron chi connectivity index (χ0n) is 16.7. The molecular formula is C21H33IN4O2. The summed E-state index contributed by atoms with van der Waals surface area (Å²) in [5.74, 6) is 1.58. The van der Waals surface area contributed by atoms with E-state index in [1.54, 1.807) is 0 Å². The highest BCUT2D eigenvalue weighted by Crippen LogP contribution is 2.19. The monoisotopic (exact) mass is 500 g/mol. The van der Waals surface area contributed by atoms with E-state index in [4.69, 9.17) is 4.74 Å². The van der Waals surface area contributed by atoms with Crippen LogP contribution in [0.2, 0.25) is 0 Å². The number of rotatable bonds is 8. The first-order valence-electron chi connectivity index (χ1n) is 10.2. The van der Waals surface area contributed by atoms with E-state index in [0.29, 0.717) is 12.1 Å². The van der Waals surface area contributed by atoms with Gasteiger partial charge in [-0.15, -0.1) is 24.0 Å². The standard InChI is InChI=1S/C21H32N4O2.HI/c1-22-21(25-17-5-3-2-4-6-17)23-14-13-16-7-11-19(12-8-16)27-15-20(26)24-18-9-10-18;/h7-8,11-12,17-18H,2-6,9-10,13-15H2,1H3,(H,24,26)(H2,22,23,25);1H. The number of ether oxygens (including phenoxy) is 1. The fraction of sp³-hybridized carbons (Fsp3) is 0.619. The van der Waals surface area contributed by atoms with Crippen molar-refractivity contribution in [3.63, 3.8) is 0 Å². The van der Waals surface area contributed by atoms with Crippen LogP contribution in [0.25, 0.3) is 0 Å². The predicted molar refractivity (Wildman–Crippen MR) is 124 cm³/mol. The van der Waals surface area contributed by atoms with Crippen LogP contribution in [-0.2, 0) is 11.2 Å². The Morgan fingerprint density at radius 3 is 2.36 bits per heavy atom. The molecule has 1 amide bonds. The Balaban J connectivity index is 0.00000280. The smallest absolute Gasteiger partial charge is 0.258 e. The van der Waals surface area contributed by atoms with E-state index in [1.807, 2.05) is 31.3 Å². The molecule has 3 rings (SSSR count). The van der Waals surface area contributed by atoms with Gasteiger partial charge >= 0.3 is 0 Å². The molecule has 2 aliphatic carbocycles. The summed E-state index contributed by atoms with van der Waals surface area (Å²) in [5.41, 5.74) is 1.23. The lowest BCUT2D eigenvalue weighted by Crippen LogP contribution is -2.44. The quantitative estimate of drug-likeness (QED) is 0.292. The van der Waals surface area contributed by atoms with Gasteiger partial charge in [-0.05, 0) is 49.8 Å². The zero-order chi connectivity index (χ0) is 18.9. The van der Waals surface area contributed by atoms with Crippen molar-refractivity contribution in [2.24, 2.45) is 4.99 Å². The van der Waals surface area contributed by atoms with Crippen LogP contribution in [0, 0.1) is 0 Å². The molecule has 3 N–H and O–H groups in total. The Labute approximate surface area is 185 Å². The second-order valence-corrected chi connectivity index (χ2v) is 7.50. The van der Waals surface area contributed by atoms with Gasteiger partial charge in [0.15, 0.2) is 12.6 Å². The van der Waals surface area contributed by atoms with Crippen LogP contribution in [0.5, 0.6) is 5.75 Å². The Morgan fingerprint density at radius 2 is 1.71 bits per heavy atom. The number of halogens is 1. The maximum absolute atomic E-state index is 11.6. The molecule has 0 saturated heterocycles. The average molecular weight is 500 g/mol. The SMILES string of the molecule is CN=C(NCCc1ccc(OCC(=O)NC2CC2)cc1)NC1CCCCC1.I. The summed E-state index contributed by atoms with van der Waals surface area (Å²) in [4.78, 5) is 16.0. The Morgan fingerprint density at radius 1 is 1.04 bits per heavy atom. The van der Waals surface area contributed by atoms with E-state index in [0.717, 1.165) is 37.5 Å². The van der Waals surface area contributed by atoms with E-state index in [1.165, 1.54) is 37.7 Å². The highest BCUT2D eigenvalue weighted by atomic mass is 127. The first-order chi connectivity index (χ1) is 13.2. The largest absolute Gasteiger partial charge is 0.484 e. The normalized spacial score (nSPS) is 17.4. The number of hydrogen-bond donors (Lipinski definition) is 3. The fourth-order valence-corrected chi connectivity index (χ4v) is 3.36. The topological polar surface area (TPSA) is 74.8 Å². The van der Waals surface area contributed by atoms with E-state index in [9.17, 15) is 4.79 Å². The van der Waals surface area contributed by atoms with Crippen molar-refractivity contribution in [1.29, 1.82) is 0 Å². The number of benzene rings is 1. The van der Waals surface area contributed by atoms with Crippen LogP contribution >= 0.6 is 24.0 Å². The van der Waals surface area contributed by atoms with Crippen LogP contribution in [-0.4, -0.2) is 44.1 Å². The molecule has 0 aliphatic heterocycles. The van der Waals surface area contributed by atoms with Crippen LogP contribution in [0.15, 0.2) is 29.3 Å². The molecule has 1 aromatic carbocycles. The third-order valence-corrected chi connectivity index (χ3v) is 5.11. The molecule has 0 bridgehead atoms. The molecule has 7 heteroatoms. The van der Waals surface area contributed by atoms with Crippen molar-refractivity contribution < 1.29 is 9.53 Å². The minimum atomic E-state index is -0.0392. The van der Waals surface area contributed by atoms with Crippen LogP contribution in [0.4, 0.5) is 0 Å². The van der Waals surface area contributed by atoms with Gasteiger partial charge in [0.05, 0.1) is 0 Å². The number of carbonyl (C=O) groups excluding carboxylic acids is 1. The highest BCUT2D eigenvalue weighted by Gasteiger charge is 2.23. The third kappa shape index (κ3) is 8.24. The van der Waals surface area contributed by atoms with Crippen LogP contribution < -0.4 is 20.7 Å². The molecule has 2 saturated carbocycles. The maximum atomic E-state index is 11.6. The summed E-state index contributed by atoms with van der Waals surface area (Å²) < 4.78 is 5.54. The fourth-order valence-electron chi connectivity index (χ4n) is 3.36. The number of nitrogens with zero attached hydrogens (tertiary/aromatic N) is 1. The lowest BCUT2D eigenvalue weighted by molar-refractivity contribution is -0.123.